The van der Waals surface area contributed by atoms with E-state index in [9.17, 15) is 5.11 Å². The summed E-state index contributed by atoms with van der Waals surface area (Å²) in [6.45, 7) is 1.86. The predicted molar refractivity (Wildman–Crippen MR) is 61.8 cm³/mol. The van der Waals surface area contributed by atoms with Gasteiger partial charge in [0.05, 0.1) is 19.8 Å². The van der Waals surface area contributed by atoms with Crippen LogP contribution in [0, 0.1) is 5.92 Å². The first kappa shape index (κ1) is 11.3. The zero-order valence-corrected chi connectivity index (χ0v) is 9.99. The van der Waals surface area contributed by atoms with Gasteiger partial charge in [0.25, 0.3) is 0 Å². The van der Waals surface area contributed by atoms with Crippen LogP contribution in [0.2, 0.25) is 0 Å². The maximum absolute atomic E-state index is 10.5. The van der Waals surface area contributed by atoms with E-state index in [1.54, 1.807) is 14.2 Å². The summed E-state index contributed by atoms with van der Waals surface area (Å²) in [7, 11) is 3.23. The van der Waals surface area contributed by atoms with Gasteiger partial charge in [0, 0.05) is 11.6 Å². The molecule has 2 rings (SSSR count). The average molecular weight is 222 g/mol. The number of ether oxygens (including phenoxy) is 2. The smallest absolute Gasteiger partial charge is 0.128 e. The molecule has 0 aliphatic heterocycles. The molecule has 0 unspecified atom stereocenters. The van der Waals surface area contributed by atoms with E-state index >= 15 is 0 Å². The molecule has 3 nitrogen and oxygen atoms in total. The molecule has 1 N–H and O–H groups in total. The topological polar surface area (TPSA) is 38.7 Å². The van der Waals surface area contributed by atoms with Crippen LogP contribution in [0.4, 0.5) is 0 Å². The van der Waals surface area contributed by atoms with Crippen molar-refractivity contribution in [2.45, 2.75) is 25.4 Å². The van der Waals surface area contributed by atoms with Crippen LogP contribution in [0.1, 0.15) is 25.3 Å². The van der Waals surface area contributed by atoms with Crippen LogP contribution in [-0.2, 0) is 5.60 Å². The Balaban J connectivity index is 2.39. The molecule has 1 aromatic rings. The molecule has 0 amide bonds. The maximum Gasteiger partial charge on any atom is 0.128 e. The quantitative estimate of drug-likeness (QED) is 0.849. The first-order valence-corrected chi connectivity index (χ1v) is 5.54. The van der Waals surface area contributed by atoms with E-state index in [4.69, 9.17) is 9.47 Å². The fourth-order valence-electron chi connectivity index (χ4n) is 2.08. The van der Waals surface area contributed by atoms with Crippen molar-refractivity contribution in [1.29, 1.82) is 0 Å². The van der Waals surface area contributed by atoms with Gasteiger partial charge in [-0.1, -0.05) is 0 Å². The Hall–Kier alpha value is -1.22. The third-order valence-electron chi connectivity index (χ3n) is 3.33. The van der Waals surface area contributed by atoms with Gasteiger partial charge >= 0.3 is 0 Å². The van der Waals surface area contributed by atoms with Crippen LogP contribution in [-0.4, -0.2) is 19.3 Å². The van der Waals surface area contributed by atoms with Gasteiger partial charge in [-0.2, -0.15) is 0 Å². The highest BCUT2D eigenvalue weighted by atomic mass is 16.5. The van der Waals surface area contributed by atoms with Crippen molar-refractivity contribution in [2.24, 2.45) is 5.92 Å². The second-order valence-corrected chi connectivity index (χ2v) is 4.49. The third kappa shape index (κ3) is 1.87. The number of benzene rings is 1. The summed E-state index contributed by atoms with van der Waals surface area (Å²) < 4.78 is 10.5. The van der Waals surface area contributed by atoms with Crippen LogP contribution in [0.5, 0.6) is 11.5 Å². The second kappa shape index (κ2) is 3.98. The van der Waals surface area contributed by atoms with E-state index in [1.807, 2.05) is 25.1 Å². The molecular weight excluding hydrogens is 204 g/mol. The van der Waals surface area contributed by atoms with Gasteiger partial charge in [0.1, 0.15) is 11.5 Å². The van der Waals surface area contributed by atoms with Gasteiger partial charge in [0.15, 0.2) is 0 Å². The number of hydrogen-bond acceptors (Lipinski definition) is 3. The van der Waals surface area contributed by atoms with Crippen LogP contribution in [0.3, 0.4) is 0 Å². The zero-order valence-electron chi connectivity index (χ0n) is 9.99. The average Bonchev–Trinajstić information content (AvgIpc) is 3.12. The number of methoxy groups -OCH3 is 2. The molecule has 1 aliphatic rings. The second-order valence-electron chi connectivity index (χ2n) is 4.49. The number of rotatable bonds is 4. The molecular formula is C13H18O3. The lowest BCUT2D eigenvalue weighted by molar-refractivity contribution is 0.0306. The van der Waals surface area contributed by atoms with Crippen molar-refractivity contribution in [3.63, 3.8) is 0 Å². The van der Waals surface area contributed by atoms with Crippen molar-refractivity contribution in [2.75, 3.05) is 14.2 Å². The molecule has 1 saturated carbocycles. The Bertz CT molecular complexity index is 381. The molecule has 88 valence electrons. The summed E-state index contributed by atoms with van der Waals surface area (Å²) in [5.41, 5.74) is 0.0516. The van der Waals surface area contributed by atoms with Gasteiger partial charge in [-0.3, -0.25) is 0 Å². The first-order chi connectivity index (χ1) is 7.59. The Kier molecular flexibility index (Phi) is 2.80. The van der Waals surface area contributed by atoms with Crippen molar-refractivity contribution in [3.05, 3.63) is 23.8 Å². The highest BCUT2D eigenvalue weighted by Gasteiger charge is 2.42. The Morgan fingerprint density at radius 3 is 2.44 bits per heavy atom. The molecule has 0 spiro atoms. The monoisotopic (exact) mass is 222 g/mol. The van der Waals surface area contributed by atoms with E-state index in [2.05, 4.69) is 0 Å². The Morgan fingerprint density at radius 2 is 1.94 bits per heavy atom. The van der Waals surface area contributed by atoms with E-state index in [0.29, 0.717) is 11.7 Å². The van der Waals surface area contributed by atoms with Crippen molar-refractivity contribution >= 4 is 0 Å². The molecule has 1 aromatic carbocycles. The first-order valence-electron chi connectivity index (χ1n) is 5.54. The van der Waals surface area contributed by atoms with Crippen LogP contribution in [0.15, 0.2) is 18.2 Å². The van der Waals surface area contributed by atoms with Gasteiger partial charge in [-0.15, -0.1) is 0 Å². The van der Waals surface area contributed by atoms with E-state index in [0.717, 1.165) is 24.2 Å². The van der Waals surface area contributed by atoms with Gasteiger partial charge in [-0.05, 0) is 37.8 Å². The Labute approximate surface area is 96.0 Å². The summed E-state index contributed by atoms with van der Waals surface area (Å²) in [6.07, 6.45) is 2.17. The fourth-order valence-corrected chi connectivity index (χ4v) is 2.08. The summed E-state index contributed by atoms with van der Waals surface area (Å²) >= 11 is 0. The van der Waals surface area contributed by atoms with Gasteiger partial charge in [-0.25, -0.2) is 0 Å². The van der Waals surface area contributed by atoms with E-state index in [1.165, 1.54) is 0 Å². The lowest BCUT2D eigenvalue weighted by Crippen LogP contribution is -2.24. The molecule has 0 heterocycles. The molecule has 0 aromatic heterocycles. The molecule has 0 bridgehead atoms. The number of aliphatic hydroxyl groups is 1. The van der Waals surface area contributed by atoms with Gasteiger partial charge in [0.2, 0.25) is 0 Å². The Morgan fingerprint density at radius 1 is 1.25 bits per heavy atom. The summed E-state index contributed by atoms with van der Waals surface area (Å²) in [5, 5.41) is 10.5. The third-order valence-corrected chi connectivity index (χ3v) is 3.33. The maximum atomic E-state index is 10.5. The van der Waals surface area contributed by atoms with Crippen molar-refractivity contribution in [3.8, 4) is 11.5 Å². The largest absolute Gasteiger partial charge is 0.497 e. The standard InChI is InChI=1S/C13H18O3/c1-13(14,9-4-5-9)11-7-6-10(15-2)8-12(11)16-3/h6-9,14H,4-5H2,1-3H3/t13-/m1/s1. The van der Waals surface area contributed by atoms with Crippen molar-refractivity contribution < 1.29 is 14.6 Å². The zero-order chi connectivity index (χ0) is 11.8. The van der Waals surface area contributed by atoms with Crippen LogP contribution in [0.25, 0.3) is 0 Å². The predicted octanol–water partition coefficient (Wildman–Crippen LogP) is 2.32. The summed E-state index contributed by atoms with van der Waals surface area (Å²) in [5.74, 6) is 1.79. The minimum atomic E-state index is -0.794. The lowest BCUT2D eigenvalue weighted by Gasteiger charge is -2.25. The van der Waals surface area contributed by atoms with Crippen LogP contribution >= 0.6 is 0 Å². The highest BCUT2D eigenvalue weighted by Crippen LogP contribution is 2.48. The van der Waals surface area contributed by atoms with E-state index < -0.39 is 5.60 Å². The van der Waals surface area contributed by atoms with E-state index in [-0.39, 0.29) is 0 Å². The van der Waals surface area contributed by atoms with Crippen LogP contribution < -0.4 is 9.47 Å². The molecule has 1 fully saturated rings. The SMILES string of the molecule is COc1ccc([C@](C)(O)C2CC2)c(OC)c1. The molecule has 0 saturated heterocycles. The normalized spacial score (nSPS) is 19.0. The molecule has 0 radical (unpaired) electrons. The number of hydrogen-bond donors (Lipinski definition) is 1. The summed E-state index contributed by atoms with van der Waals surface area (Å²) in [4.78, 5) is 0. The molecule has 1 aliphatic carbocycles. The molecule has 1 atom stereocenters. The molecule has 16 heavy (non-hydrogen) atoms. The van der Waals surface area contributed by atoms with Gasteiger partial charge < -0.3 is 14.6 Å². The molecule has 3 heteroatoms. The highest BCUT2D eigenvalue weighted by molar-refractivity contribution is 5.44. The fraction of sp³-hybridized carbons (Fsp3) is 0.538. The minimum Gasteiger partial charge on any atom is -0.497 e. The van der Waals surface area contributed by atoms with Crippen molar-refractivity contribution in [1.82, 2.24) is 0 Å². The lowest BCUT2D eigenvalue weighted by atomic mass is 9.90. The minimum absolute atomic E-state index is 0.356. The summed E-state index contributed by atoms with van der Waals surface area (Å²) in [6, 6.07) is 5.55.